The van der Waals surface area contributed by atoms with Crippen LogP contribution in [0.4, 0.5) is 0 Å². The molecule has 0 bridgehead atoms. The van der Waals surface area contributed by atoms with Gasteiger partial charge in [0.25, 0.3) is 0 Å². The van der Waals surface area contributed by atoms with Gasteiger partial charge in [-0.1, -0.05) is 53.5 Å². The fraction of sp³-hybridized carbons (Fsp3) is 0.0769. The number of rotatable bonds is 2. The Kier molecular flexibility index (Phi) is 3.49. The smallest absolute Gasteiger partial charge is 0.105 e. The van der Waals surface area contributed by atoms with Gasteiger partial charge >= 0.3 is 0 Å². The van der Waals surface area contributed by atoms with E-state index in [9.17, 15) is 5.11 Å². The molecule has 0 aliphatic heterocycles. The van der Waals surface area contributed by atoms with E-state index < -0.39 is 6.10 Å². The summed E-state index contributed by atoms with van der Waals surface area (Å²) in [7, 11) is 0. The van der Waals surface area contributed by atoms with Crippen molar-refractivity contribution in [3.05, 3.63) is 69.7 Å². The van der Waals surface area contributed by atoms with Crippen molar-refractivity contribution in [2.24, 2.45) is 0 Å². The van der Waals surface area contributed by atoms with Gasteiger partial charge in [-0.3, -0.25) is 0 Å². The van der Waals surface area contributed by atoms with Crippen LogP contribution in [0.1, 0.15) is 17.2 Å². The fourth-order valence-electron chi connectivity index (χ4n) is 1.52. The van der Waals surface area contributed by atoms with Crippen LogP contribution in [0.5, 0.6) is 0 Å². The highest BCUT2D eigenvalue weighted by atomic mass is 35.5. The quantitative estimate of drug-likeness (QED) is 0.855. The van der Waals surface area contributed by atoms with Gasteiger partial charge < -0.3 is 5.11 Å². The van der Waals surface area contributed by atoms with Crippen molar-refractivity contribution in [3.63, 3.8) is 0 Å². The van der Waals surface area contributed by atoms with E-state index in [0.717, 1.165) is 5.56 Å². The van der Waals surface area contributed by atoms with Gasteiger partial charge in [0.15, 0.2) is 0 Å². The Labute approximate surface area is 104 Å². The minimum Gasteiger partial charge on any atom is -0.384 e. The molecule has 16 heavy (non-hydrogen) atoms. The molecule has 0 heterocycles. The number of halogens is 2. The van der Waals surface area contributed by atoms with Gasteiger partial charge in [-0.15, -0.1) is 0 Å². The zero-order chi connectivity index (χ0) is 11.5. The molecule has 3 heteroatoms. The van der Waals surface area contributed by atoms with E-state index >= 15 is 0 Å². The normalized spacial score (nSPS) is 12.4. The highest BCUT2D eigenvalue weighted by Crippen LogP contribution is 2.28. The molecule has 2 rings (SSSR count). The first kappa shape index (κ1) is 11.5. The van der Waals surface area contributed by atoms with Crippen LogP contribution in [0.2, 0.25) is 10.0 Å². The summed E-state index contributed by atoms with van der Waals surface area (Å²) >= 11 is 11.8. The van der Waals surface area contributed by atoms with Gasteiger partial charge in [0, 0.05) is 15.6 Å². The molecule has 0 aromatic heterocycles. The van der Waals surface area contributed by atoms with Gasteiger partial charge in [0.05, 0.1) is 0 Å². The molecular weight excluding hydrogens is 243 g/mol. The number of aliphatic hydroxyl groups excluding tert-OH is 1. The first-order valence-corrected chi connectivity index (χ1v) is 5.62. The molecule has 0 radical (unpaired) electrons. The zero-order valence-corrected chi connectivity index (χ0v) is 9.91. The van der Waals surface area contributed by atoms with Gasteiger partial charge in [-0.2, -0.15) is 0 Å². The monoisotopic (exact) mass is 252 g/mol. The minimum absolute atomic E-state index is 0.560. The highest BCUT2D eigenvalue weighted by Gasteiger charge is 2.12. The van der Waals surface area contributed by atoms with E-state index in [1.54, 1.807) is 30.3 Å². The molecule has 0 amide bonds. The Morgan fingerprint density at radius 2 is 1.50 bits per heavy atom. The van der Waals surface area contributed by atoms with Crippen LogP contribution in [0.25, 0.3) is 0 Å². The van der Waals surface area contributed by atoms with Crippen molar-refractivity contribution >= 4 is 23.2 Å². The topological polar surface area (TPSA) is 20.2 Å². The average Bonchev–Trinajstić information content (AvgIpc) is 2.30. The maximum absolute atomic E-state index is 10.1. The molecule has 1 nitrogen and oxygen atoms in total. The van der Waals surface area contributed by atoms with Gasteiger partial charge in [-0.05, 0) is 23.8 Å². The lowest BCUT2D eigenvalue weighted by Gasteiger charge is -2.12. The summed E-state index contributed by atoms with van der Waals surface area (Å²) in [6.07, 6.45) is -0.717. The summed E-state index contributed by atoms with van der Waals surface area (Å²) in [4.78, 5) is 0. The van der Waals surface area contributed by atoms with Gasteiger partial charge in [-0.25, -0.2) is 0 Å². The van der Waals surface area contributed by atoms with E-state index in [4.69, 9.17) is 23.2 Å². The predicted molar refractivity (Wildman–Crippen MR) is 67.0 cm³/mol. The number of aliphatic hydroxyl groups is 1. The van der Waals surface area contributed by atoms with Crippen LogP contribution in [0.15, 0.2) is 48.5 Å². The van der Waals surface area contributed by atoms with Crippen molar-refractivity contribution in [2.45, 2.75) is 6.10 Å². The lowest BCUT2D eigenvalue weighted by molar-refractivity contribution is 0.220. The first-order valence-electron chi connectivity index (χ1n) is 4.86. The molecule has 1 atom stereocenters. The fourth-order valence-corrected chi connectivity index (χ4v) is 1.89. The molecule has 0 aliphatic rings. The second-order valence-corrected chi connectivity index (χ2v) is 4.32. The summed E-state index contributed by atoms with van der Waals surface area (Å²) in [6, 6.07) is 14.3. The number of hydrogen-bond acceptors (Lipinski definition) is 1. The molecule has 0 saturated heterocycles. The van der Waals surface area contributed by atoms with Crippen LogP contribution < -0.4 is 0 Å². The van der Waals surface area contributed by atoms with Crippen molar-refractivity contribution in [1.82, 2.24) is 0 Å². The van der Waals surface area contributed by atoms with Crippen LogP contribution in [0, 0.1) is 0 Å². The standard InChI is InChI=1S/C13H10Cl2O/c14-10-7-5-9(6-8-10)13(16)11-3-1-2-4-12(11)15/h1-8,13,16H/t13-/m0/s1. The molecule has 0 fully saturated rings. The Hall–Kier alpha value is -1.02. The Bertz CT molecular complexity index is 480. The lowest BCUT2D eigenvalue weighted by Crippen LogP contribution is -1.99. The first-order chi connectivity index (χ1) is 7.68. The maximum atomic E-state index is 10.1. The van der Waals surface area contributed by atoms with E-state index in [2.05, 4.69) is 0 Å². The molecule has 0 spiro atoms. The number of hydrogen-bond donors (Lipinski definition) is 1. The van der Waals surface area contributed by atoms with Gasteiger partial charge in [0.2, 0.25) is 0 Å². The maximum Gasteiger partial charge on any atom is 0.105 e. The zero-order valence-electron chi connectivity index (χ0n) is 8.40. The van der Waals surface area contributed by atoms with E-state index in [0.29, 0.717) is 15.6 Å². The molecular formula is C13H10Cl2O. The Balaban J connectivity index is 2.35. The summed E-state index contributed by atoms with van der Waals surface area (Å²) in [5.41, 5.74) is 1.48. The van der Waals surface area contributed by atoms with E-state index in [1.165, 1.54) is 0 Å². The Morgan fingerprint density at radius 3 is 2.12 bits per heavy atom. The minimum atomic E-state index is -0.717. The second kappa shape index (κ2) is 4.88. The van der Waals surface area contributed by atoms with Crippen molar-refractivity contribution in [1.29, 1.82) is 0 Å². The molecule has 0 aliphatic carbocycles. The second-order valence-electron chi connectivity index (χ2n) is 3.48. The van der Waals surface area contributed by atoms with Crippen LogP contribution in [-0.4, -0.2) is 5.11 Å². The van der Waals surface area contributed by atoms with Crippen molar-refractivity contribution in [3.8, 4) is 0 Å². The summed E-state index contributed by atoms with van der Waals surface area (Å²) < 4.78 is 0. The predicted octanol–water partition coefficient (Wildman–Crippen LogP) is 4.08. The molecule has 2 aromatic carbocycles. The van der Waals surface area contributed by atoms with Gasteiger partial charge in [0.1, 0.15) is 6.10 Å². The highest BCUT2D eigenvalue weighted by molar-refractivity contribution is 6.31. The third kappa shape index (κ3) is 2.38. The third-order valence-electron chi connectivity index (χ3n) is 2.39. The summed E-state index contributed by atoms with van der Waals surface area (Å²) in [5.74, 6) is 0. The van der Waals surface area contributed by atoms with Crippen LogP contribution in [-0.2, 0) is 0 Å². The van der Waals surface area contributed by atoms with Crippen LogP contribution >= 0.6 is 23.2 Å². The SMILES string of the molecule is O[C@@H](c1ccc(Cl)cc1)c1ccccc1Cl. The summed E-state index contributed by atoms with van der Waals surface area (Å²) in [5, 5.41) is 11.3. The summed E-state index contributed by atoms with van der Waals surface area (Å²) in [6.45, 7) is 0. The molecule has 1 N–H and O–H groups in total. The van der Waals surface area contributed by atoms with E-state index in [1.807, 2.05) is 18.2 Å². The lowest BCUT2D eigenvalue weighted by atomic mass is 10.0. The molecule has 0 saturated carbocycles. The molecule has 0 unspecified atom stereocenters. The third-order valence-corrected chi connectivity index (χ3v) is 2.98. The van der Waals surface area contributed by atoms with Crippen molar-refractivity contribution in [2.75, 3.05) is 0 Å². The van der Waals surface area contributed by atoms with Crippen molar-refractivity contribution < 1.29 is 5.11 Å². The number of benzene rings is 2. The van der Waals surface area contributed by atoms with Crippen LogP contribution in [0.3, 0.4) is 0 Å². The largest absolute Gasteiger partial charge is 0.384 e. The molecule has 2 aromatic rings. The van der Waals surface area contributed by atoms with E-state index in [-0.39, 0.29) is 0 Å². The Morgan fingerprint density at radius 1 is 0.875 bits per heavy atom. The molecule has 82 valence electrons. The average molecular weight is 253 g/mol.